The summed E-state index contributed by atoms with van der Waals surface area (Å²) in [7, 11) is 1.19. The van der Waals surface area contributed by atoms with Crippen molar-refractivity contribution >= 4 is 23.5 Å². The number of likely N-dealkylation sites (tertiary alicyclic amines) is 1. The van der Waals surface area contributed by atoms with E-state index in [9.17, 15) is 24.5 Å². The van der Waals surface area contributed by atoms with E-state index in [4.69, 9.17) is 9.84 Å². The van der Waals surface area contributed by atoms with Gasteiger partial charge in [0.2, 0.25) is 5.75 Å². The lowest BCUT2D eigenvalue weighted by Crippen LogP contribution is -2.41. The third-order valence-corrected chi connectivity index (χ3v) is 3.35. The highest BCUT2D eigenvalue weighted by atomic mass is 16.6. The predicted octanol–water partition coefficient (Wildman–Crippen LogP) is 0.265. The molecular weight excluding hydrogens is 310 g/mol. The maximum Gasteiger partial charge on any atom is 0.407 e. The summed E-state index contributed by atoms with van der Waals surface area (Å²) in [6, 6.07) is 2.82. The summed E-state index contributed by atoms with van der Waals surface area (Å²) in [4.78, 5) is 45.9. The van der Waals surface area contributed by atoms with E-state index in [1.54, 1.807) is 0 Å². The summed E-state index contributed by atoms with van der Waals surface area (Å²) < 4.78 is 4.92. The van der Waals surface area contributed by atoms with Crippen LogP contribution in [0.3, 0.4) is 0 Å². The molecule has 10 nitrogen and oxygen atoms in total. The van der Waals surface area contributed by atoms with Crippen molar-refractivity contribution in [2.75, 3.05) is 20.2 Å². The first-order valence-corrected chi connectivity index (χ1v) is 6.48. The van der Waals surface area contributed by atoms with Gasteiger partial charge in [0.15, 0.2) is 5.78 Å². The molecule has 0 aliphatic carbocycles. The van der Waals surface area contributed by atoms with Crippen LogP contribution in [0.4, 0.5) is 10.5 Å². The fourth-order valence-corrected chi connectivity index (χ4v) is 2.25. The monoisotopic (exact) mass is 323 g/mol. The fourth-order valence-electron chi connectivity index (χ4n) is 2.25. The van der Waals surface area contributed by atoms with E-state index in [1.807, 2.05) is 0 Å². The van der Waals surface area contributed by atoms with Crippen LogP contribution in [0.25, 0.3) is 0 Å². The van der Waals surface area contributed by atoms with Crippen molar-refractivity contribution in [3.8, 4) is 5.75 Å². The van der Waals surface area contributed by atoms with E-state index >= 15 is 0 Å². The van der Waals surface area contributed by atoms with Gasteiger partial charge in [0.1, 0.15) is 6.04 Å². The molecule has 0 saturated carbocycles. The maximum atomic E-state index is 12.2. The van der Waals surface area contributed by atoms with Gasteiger partial charge in [-0.05, 0) is 6.07 Å². The first-order valence-electron chi connectivity index (χ1n) is 6.48. The number of Topliss-reactive ketones (excluding diaryl/α,β-unsaturated/α-hetero) is 1. The number of para-hydroxylation sites is 1. The lowest BCUT2D eigenvalue weighted by atomic mass is 10.1. The minimum atomic E-state index is -1.26. The molecule has 2 rings (SSSR count). The molecule has 1 aromatic carbocycles. The first kappa shape index (κ1) is 16.2. The fraction of sp³-hybridized carbons (Fsp3) is 0.308. The Kier molecular flexibility index (Phi) is 4.44. The van der Waals surface area contributed by atoms with E-state index in [0.29, 0.717) is 0 Å². The molecule has 1 aliphatic rings. The van der Waals surface area contributed by atoms with Crippen LogP contribution >= 0.6 is 0 Å². The molecule has 1 fully saturated rings. The van der Waals surface area contributed by atoms with Crippen LogP contribution in [0.1, 0.15) is 10.4 Å². The van der Waals surface area contributed by atoms with Crippen LogP contribution in [0.5, 0.6) is 5.75 Å². The number of carbonyl (C=O) groups is 3. The van der Waals surface area contributed by atoms with Gasteiger partial charge >= 0.3 is 11.8 Å². The summed E-state index contributed by atoms with van der Waals surface area (Å²) in [6.45, 7) is -0.483. The van der Waals surface area contributed by atoms with Gasteiger partial charge < -0.3 is 15.2 Å². The zero-order valence-corrected chi connectivity index (χ0v) is 12.0. The largest absolute Gasteiger partial charge is 0.490 e. The summed E-state index contributed by atoms with van der Waals surface area (Å²) >= 11 is 0. The number of nitrogens with one attached hydrogen (secondary N) is 1. The second kappa shape index (κ2) is 6.30. The second-order valence-corrected chi connectivity index (χ2v) is 4.77. The summed E-state index contributed by atoms with van der Waals surface area (Å²) in [6.07, 6.45) is -1.26. The number of hydrogen-bond donors (Lipinski definition) is 2. The molecule has 1 saturated heterocycles. The van der Waals surface area contributed by atoms with E-state index in [1.165, 1.54) is 25.3 Å². The number of nitro groups is 1. The Morgan fingerprint density at radius 3 is 2.70 bits per heavy atom. The van der Waals surface area contributed by atoms with Gasteiger partial charge in [-0.3, -0.25) is 24.6 Å². The van der Waals surface area contributed by atoms with Crippen LogP contribution in [0.2, 0.25) is 0 Å². The topological polar surface area (TPSA) is 139 Å². The van der Waals surface area contributed by atoms with E-state index in [-0.39, 0.29) is 30.1 Å². The van der Waals surface area contributed by atoms with Crippen molar-refractivity contribution < 1.29 is 29.2 Å². The van der Waals surface area contributed by atoms with E-state index in [2.05, 4.69) is 5.32 Å². The number of ether oxygens (including phenoxy) is 1. The molecular formula is C13H13N3O7. The Balaban J connectivity index is 2.22. The molecule has 0 radical (unpaired) electrons. The van der Waals surface area contributed by atoms with Crippen molar-refractivity contribution in [3.05, 3.63) is 33.9 Å². The molecule has 2 N–H and O–H groups in total. The highest BCUT2D eigenvalue weighted by Crippen LogP contribution is 2.30. The number of carbonyl (C=O) groups excluding carboxylic acids is 2. The molecule has 1 aromatic rings. The highest BCUT2D eigenvalue weighted by molar-refractivity contribution is 6.02. The van der Waals surface area contributed by atoms with Crippen LogP contribution < -0.4 is 10.1 Å². The smallest absolute Gasteiger partial charge is 0.407 e. The second-order valence-electron chi connectivity index (χ2n) is 4.77. The number of benzene rings is 1. The number of rotatable bonds is 4. The van der Waals surface area contributed by atoms with Crippen LogP contribution in [0, 0.1) is 10.1 Å². The molecule has 1 atom stereocenters. The third kappa shape index (κ3) is 3.20. The Morgan fingerprint density at radius 2 is 2.17 bits per heavy atom. The number of hydrogen-bond acceptors (Lipinski definition) is 6. The number of ketones is 1. The average Bonchev–Trinajstić information content (AvgIpc) is 2.87. The SMILES string of the molecule is COc1c(C(=O)NC2CN(C(=O)O)CC2=O)cccc1[N+](=O)[O-]. The van der Waals surface area contributed by atoms with Crippen molar-refractivity contribution in [1.82, 2.24) is 10.2 Å². The van der Waals surface area contributed by atoms with Gasteiger partial charge in [-0.2, -0.15) is 0 Å². The standard InChI is InChI=1S/C13H13N3O7/c1-23-11-7(3-2-4-9(11)16(21)22)12(18)14-8-5-15(13(19)20)6-10(8)17/h2-4,8H,5-6H2,1H3,(H,14,18)(H,19,20). The number of carboxylic acid groups (broad SMARTS) is 1. The van der Waals surface area contributed by atoms with Gasteiger partial charge in [-0.15, -0.1) is 0 Å². The Bertz CT molecular complexity index is 688. The average molecular weight is 323 g/mol. The number of nitrogens with zero attached hydrogens (tertiary/aromatic N) is 2. The summed E-state index contributed by atoms with van der Waals surface area (Å²) in [5, 5.41) is 22.2. The summed E-state index contributed by atoms with van der Waals surface area (Å²) in [5.74, 6) is -1.43. The van der Waals surface area contributed by atoms with Crippen molar-refractivity contribution in [1.29, 1.82) is 0 Å². The molecule has 1 unspecified atom stereocenters. The van der Waals surface area contributed by atoms with Gasteiger partial charge in [-0.25, -0.2) is 4.79 Å². The number of nitro benzene ring substituents is 1. The molecule has 0 spiro atoms. The molecule has 122 valence electrons. The van der Waals surface area contributed by atoms with Crippen molar-refractivity contribution in [2.45, 2.75) is 6.04 Å². The van der Waals surface area contributed by atoms with Crippen molar-refractivity contribution in [2.24, 2.45) is 0 Å². The maximum absolute atomic E-state index is 12.2. The van der Waals surface area contributed by atoms with E-state index < -0.39 is 28.7 Å². The quantitative estimate of drug-likeness (QED) is 0.598. The molecule has 1 heterocycles. The lowest BCUT2D eigenvalue weighted by Gasteiger charge is -2.14. The van der Waals surface area contributed by atoms with Gasteiger partial charge in [0, 0.05) is 6.07 Å². The Hall–Kier alpha value is -3.17. The lowest BCUT2D eigenvalue weighted by molar-refractivity contribution is -0.385. The molecule has 10 heteroatoms. The van der Waals surface area contributed by atoms with Crippen LogP contribution in [0.15, 0.2) is 18.2 Å². The minimum absolute atomic E-state index is 0.108. The number of amides is 2. The molecule has 2 amide bonds. The molecule has 0 bridgehead atoms. The molecule has 23 heavy (non-hydrogen) atoms. The molecule has 1 aliphatic heterocycles. The van der Waals surface area contributed by atoms with Gasteiger partial charge in [0.05, 0.1) is 30.7 Å². The molecule has 0 aromatic heterocycles. The van der Waals surface area contributed by atoms with Crippen molar-refractivity contribution in [3.63, 3.8) is 0 Å². The van der Waals surface area contributed by atoms with Crippen LogP contribution in [-0.4, -0.2) is 59.0 Å². The Labute approximate surface area is 129 Å². The zero-order valence-electron chi connectivity index (χ0n) is 12.0. The van der Waals surface area contributed by atoms with Crippen LogP contribution in [-0.2, 0) is 4.79 Å². The van der Waals surface area contributed by atoms with Gasteiger partial charge in [-0.1, -0.05) is 6.07 Å². The highest BCUT2D eigenvalue weighted by Gasteiger charge is 2.35. The summed E-state index contributed by atoms with van der Waals surface area (Å²) in [5.41, 5.74) is -0.492. The zero-order chi connectivity index (χ0) is 17.1. The Morgan fingerprint density at radius 1 is 1.48 bits per heavy atom. The predicted molar refractivity (Wildman–Crippen MR) is 75.5 cm³/mol. The minimum Gasteiger partial charge on any atom is -0.490 e. The van der Waals surface area contributed by atoms with Gasteiger partial charge in [0.25, 0.3) is 5.91 Å². The van der Waals surface area contributed by atoms with E-state index in [0.717, 1.165) is 4.90 Å². The normalized spacial score (nSPS) is 17.0. The first-order chi connectivity index (χ1) is 10.8. The number of methoxy groups -OCH3 is 1. The third-order valence-electron chi connectivity index (χ3n) is 3.35.